The molecule has 0 unspecified atom stereocenters. The van der Waals surface area contributed by atoms with E-state index in [2.05, 4.69) is 19.2 Å². The molecule has 2 atom stereocenters. The summed E-state index contributed by atoms with van der Waals surface area (Å²) in [7, 11) is 0. The molecule has 1 aliphatic rings. The van der Waals surface area contributed by atoms with Crippen molar-refractivity contribution < 1.29 is 4.79 Å². The van der Waals surface area contributed by atoms with Crippen LogP contribution in [0.25, 0.3) is 0 Å². The average Bonchev–Trinajstić information content (AvgIpc) is 2.40. The molecular formula is C16H23ClN2O. The minimum atomic E-state index is 0.0863. The SMILES string of the molecule is CCNc1ccc(Cl)cc1C(=O)N1[C@H](C)CCC[C@@H]1C. The lowest BCUT2D eigenvalue weighted by Crippen LogP contribution is -2.47. The highest BCUT2D eigenvalue weighted by atomic mass is 35.5. The second-order valence-electron chi connectivity index (χ2n) is 5.56. The fourth-order valence-corrected chi connectivity index (χ4v) is 3.17. The van der Waals surface area contributed by atoms with E-state index in [4.69, 9.17) is 11.6 Å². The highest BCUT2D eigenvalue weighted by Gasteiger charge is 2.30. The van der Waals surface area contributed by atoms with E-state index in [0.717, 1.165) is 25.1 Å². The Hall–Kier alpha value is -1.22. The normalized spacial score (nSPS) is 22.7. The molecular weight excluding hydrogens is 272 g/mol. The number of benzene rings is 1. The van der Waals surface area contributed by atoms with Gasteiger partial charge in [-0.05, 0) is 58.2 Å². The molecule has 0 saturated carbocycles. The van der Waals surface area contributed by atoms with Crippen LogP contribution in [-0.2, 0) is 0 Å². The van der Waals surface area contributed by atoms with Gasteiger partial charge in [-0.25, -0.2) is 0 Å². The van der Waals surface area contributed by atoms with Gasteiger partial charge in [-0.3, -0.25) is 4.79 Å². The maximum atomic E-state index is 12.9. The van der Waals surface area contributed by atoms with Crippen molar-refractivity contribution in [3.8, 4) is 0 Å². The Morgan fingerprint density at radius 1 is 1.35 bits per heavy atom. The quantitative estimate of drug-likeness (QED) is 0.907. The molecule has 0 aromatic heterocycles. The molecule has 110 valence electrons. The van der Waals surface area contributed by atoms with Crippen LogP contribution in [0.3, 0.4) is 0 Å². The number of carbonyl (C=O) groups is 1. The minimum Gasteiger partial charge on any atom is -0.385 e. The molecule has 1 saturated heterocycles. The first-order chi connectivity index (χ1) is 9.54. The van der Waals surface area contributed by atoms with Gasteiger partial charge in [0.1, 0.15) is 0 Å². The fraction of sp³-hybridized carbons (Fsp3) is 0.562. The first kappa shape index (κ1) is 15.2. The highest BCUT2D eigenvalue weighted by molar-refractivity contribution is 6.31. The Kier molecular flexibility index (Phi) is 4.92. The Morgan fingerprint density at radius 3 is 2.60 bits per heavy atom. The highest BCUT2D eigenvalue weighted by Crippen LogP contribution is 2.28. The molecule has 4 heteroatoms. The Balaban J connectivity index is 2.34. The van der Waals surface area contributed by atoms with E-state index in [0.29, 0.717) is 22.7 Å². The van der Waals surface area contributed by atoms with Crippen molar-refractivity contribution >= 4 is 23.2 Å². The summed E-state index contributed by atoms with van der Waals surface area (Å²) in [6.45, 7) is 7.07. The van der Waals surface area contributed by atoms with Gasteiger partial charge >= 0.3 is 0 Å². The van der Waals surface area contributed by atoms with Crippen LogP contribution in [0.15, 0.2) is 18.2 Å². The van der Waals surface area contributed by atoms with Crippen LogP contribution in [-0.4, -0.2) is 29.4 Å². The number of halogens is 1. The summed E-state index contributed by atoms with van der Waals surface area (Å²) < 4.78 is 0. The summed E-state index contributed by atoms with van der Waals surface area (Å²) in [5.41, 5.74) is 1.55. The molecule has 2 rings (SSSR count). The Labute approximate surface area is 126 Å². The zero-order valence-electron chi connectivity index (χ0n) is 12.4. The number of rotatable bonds is 3. The molecule has 3 nitrogen and oxygen atoms in total. The standard InChI is InChI=1S/C16H23ClN2O/c1-4-18-15-9-8-13(17)10-14(15)16(20)19-11(2)6-5-7-12(19)3/h8-12,18H,4-7H2,1-3H3/t11-,12+. The van der Waals surface area contributed by atoms with Crippen molar-refractivity contribution in [2.45, 2.75) is 52.1 Å². The van der Waals surface area contributed by atoms with Gasteiger partial charge in [0.2, 0.25) is 0 Å². The van der Waals surface area contributed by atoms with E-state index in [1.807, 2.05) is 24.0 Å². The number of nitrogens with zero attached hydrogens (tertiary/aromatic N) is 1. The molecule has 0 spiro atoms. The van der Waals surface area contributed by atoms with Crippen molar-refractivity contribution in [1.29, 1.82) is 0 Å². The van der Waals surface area contributed by atoms with Gasteiger partial charge in [-0.15, -0.1) is 0 Å². The van der Waals surface area contributed by atoms with Crippen LogP contribution in [0.2, 0.25) is 5.02 Å². The predicted octanol–water partition coefficient (Wildman–Crippen LogP) is 4.17. The molecule has 1 N–H and O–H groups in total. The number of carbonyl (C=O) groups excluding carboxylic acids is 1. The summed E-state index contributed by atoms with van der Waals surface area (Å²) in [4.78, 5) is 14.9. The number of anilines is 1. The Morgan fingerprint density at radius 2 is 2.00 bits per heavy atom. The maximum absolute atomic E-state index is 12.9. The zero-order chi connectivity index (χ0) is 14.7. The average molecular weight is 295 g/mol. The van der Waals surface area contributed by atoms with E-state index in [-0.39, 0.29) is 5.91 Å². The van der Waals surface area contributed by atoms with Crippen LogP contribution >= 0.6 is 11.6 Å². The molecule has 1 aliphatic heterocycles. The first-order valence-electron chi connectivity index (χ1n) is 7.40. The molecule has 20 heavy (non-hydrogen) atoms. The number of amides is 1. The molecule has 1 aromatic carbocycles. The molecule has 1 amide bonds. The van der Waals surface area contributed by atoms with Gasteiger partial charge in [0.25, 0.3) is 5.91 Å². The van der Waals surface area contributed by atoms with E-state index in [9.17, 15) is 4.79 Å². The smallest absolute Gasteiger partial charge is 0.256 e. The van der Waals surface area contributed by atoms with E-state index in [1.165, 1.54) is 6.42 Å². The van der Waals surface area contributed by atoms with Gasteiger partial charge in [0.15, 0.2) is 0 Å². The lowest BCUT2D eigenvalue weighted by molar-refractivity contribution is 0.0512. The molecule has 0 bridgehead atoms. The number of piperidine rings is 1. The second kappa shape index (κ2) is 6.49. The molecule has 1 aromatic rings. The maximum Gasteiger partial charge on any atom is 0.256 e. The summed E-state index contributed by atoms with van der Waals surface area (Å²) in [5.74, 6) is 0.0863. The van der Waals surface area contributed by atoms with Crippen LogP contribution in [0.5, 0.6) is 0 Å². The first-order valence-corrected chi connectivity index (χ1v) is 7.78. The van der Waals surface area contributed by atoms with Crippen molar-refractivity contribution in [3.05, 3.63) is 28.8 Å². The number of hydrogen-bond acceptors (Lipinski definition) is 2. The topological polar surface area (TPSA) is 32.3 Å². The lowest BCUT2D eigenvalue weighted by atomic mass is 9.96. The number of hydrogen-bond donors (Lipinski definition) is 1. The summed E-state index contributed by atoms with van der Waals surface area (Å²) in [6.07, 6.45) is 3.35. The van der Waals surface area contributed by atoms with Gasteiger partial charge in [0.05, 0.1) is 5.56 Å². The Bertz CT molecular complexity index is 479. The van der Waals surface area contributed by atoms with Gasteiger partial charge in [-0.1, -0.05) is 11.6 Å². The van der Waals surface area contributed by atoms with Crippen molar-refractivity contribution in [2.24, 2.45) is 0 Å². The van der Waals surface area contributed by atoms with Crippen LogP contribution < -0.4 is 5.32 Å². The molecule has 1 fully saturated rings. The largest absolute Gasteiger partial charge is 0.385 e. The predicted molar refractivity (Wildman–Crippen MR) is 84.6 cm³/mol. The van der Waals surface area contributed by atoms with Crippen LogP contribution in [0.1, 0.15) is 50.4 Å². The van der Waals surface area contributed by atoms with E-state index < -0.39 is 0 Å². The van der Waals surface area contributed by atoms with Crippen LogP contribution in [0.4, 0.5) is 5.69 Å². The lowest BCUT2D eigenvalue weighted by Gasteiger charge is -2.39. The third kappa shape index (κ3) is 3.09. The van der Waals surface area contributed by atoms with Gasteiger partial charge in [-0.2, -0.15) is 0 Å². The van der Waals surface area contributed by atoms with Crippen LogP contribution in [0, 0.1) is 0 Å². The van der Waals surface area contributed by atoms with Crippen molar-refractivity contribution in [3.63, 3.8) is 0 Å². The monoisotopic (exact) mass is 294 g/mol. The van der Waals surface area contributed by atoms with Gasteiger partial charge < -0.3 is 10.2 Å². The minimum absolute atomic E-state index is 0.0863. The molecule has 0 radical (unpaired) electrons. The van der Waals surface area contributed by atoms with E-state index >= 15 is 0 Å². The third-order valence-electron chi connectivity index (χ3n) is 4.01. The number of likely N-dealkylation sites (tertiary alicyclic amines) is 1. The second-order valence-corrected chi connectivity index (χ2v) is 6.00. The van der Waals surface area contributed by atoms with Crippen molar-refractivity contribution in [2.75, 3.05) is 11.9 Å². The molecule has 1 heterocycles. The molecule has 0 aliphatic carbocycles. The summed E-state index contributed by atoms with van der Waals surface area (Å²) in [6, 6.07) is 6.06. The third-order valence-corrected chi connectivity index (χ3v) is 4.24. The summed E-state index contributed by atoms with van der Waals surface area (Å²) in [5, 5.41) is 3.85. The van der Waals surface area contributed by atoms with E-state index in [1.54, 1.807) is 6.07 Å². The fourth-order valence-electron chi connectivity index (χ4n) is 3.00. The van der Waals surface area contributed by atoms with Gasteiger partial charge in [0, 0.05) is 29.3 Å². The van der Waals surface area contributed by atoms with Crippen molar-refractivity contribution in [1.82, 2.24) is 4.90 Å². The summed E-state index contributed by atoms with van der Waals surface area (Å²) >= 11 is 6.07. The zero-order valence-corrected chi connectivity index (χ0v) is 13.2. The number of nitrogens with one attached hydrogen (secondary N) is 1.